The predicted octanol–water partition coefficient (Wildman–Crippen LogP) is 0.656. The second-order valence-corrected chi connectivity index (χ2v) is 11.5. The molecule has 0 aliphatic rings. The van der Waals surface area contributed by atoms with Crippen molar-refractivity contribution in [3.8, 4) is 5.75 Å². The number of aromatic hydroxyl groups is 1. The number of carbonyl (C=O) groups is 5. The molecule has 46 heavy (non-hydrogen) atoms. The van der Waals surface area contributed by atoms with Gasteiger partial charge in [-0.1, -0.05) is 42.5 Å². The van der Waals surface area contributed by atoms with Crippen LogP contribution >= 0.6 is 11.8 Å². The summed E-state index contributed by atoms with van der Waals surface area (Å²) >= 11 is 1.45. The van der Waals surface area contributed by atoms with E-state index in [-0.39, 0.29) is 25.0 Å². The van der Waals surface area contributed by atoms with Gasteiger partial charge in [-0.05, 0) is 54.5 Å². The Kier molecular flexibility index (Phi) is 15.3. The van der Waals surface area contributed by atoms with E-state index in [9.17, 15) is 42.3 Å². The zero-order chi connectivity index (χ0) is 34.3. The van der Waals surface area contributed by atoms with Crippen LogP contribution < -0.4 is 32.7 Å². The highest BCUT2D eigenvalue weighted by Crippen LogP contribution is 2.22. The van der Waals surface area contributed by atoms with Gasteiger partial charge in [0, 0.05) is 12.8 Å². The van der Waals surface area contributed by atoms with E-state index in [1.807, 2.05) is 6.26 Å². The summed E-state index contributed by atoms with van der Waals surface area (Å²) in [6.45, 7) is -0.735. The molecule has 0 radical (unpaired) electrons. The van der Waals surface area contributed by atoms with E-state index in [0.29, 0.717) is 16.9 Å². The fourth-order valence-corrected chi connectivity index (χ4v) is 4.69. The molecule has 0 heterocycles. The minimum Gasteiger partial charge on any atom is -0.508 e. The number of primary amides is 1. The van der Waals surface area contributed by atoms with Crippen molar-refractivity contribution < 1.29 is 42.3 Å². The molecule has 0 unspecified atom stereocenters. The molecule has 0 saturated carbocycles. The van der Waals surface area contributed by atoms with E-state index in [4.69, 9.17) is 11.5 Å². The third-order valence-electron chi connectivity index (χ3n) is 6.71. The number of alkyl halides is 3. The fraction of sp³-hybridized carbons (Fsp3) is 0.433. The molecular formula is C30H39F3N6O6S. The first-order valence-electron chi connectivity index (χ1n) is 14.3. The lowest BCUT2D eigenvalue weighted by atomic mass is 10.0. The van der Waals surface area contributed by atoms with Gasteiger partial charge in [0.1, 0.15) is 23.9 Å². The summed E-state index contributed by atoms with van der Waals surface area (Å²) in [5.74, 6) is -3.76. The third kappa shape index (κ3) is 14.2. The van der Waals surface area contributed by atoms with Gasteiger partial charge in [-0.15, -0.1) is 0 Å². The summed E-state index contributed by atoms with van der Waals surface area (Å²) < 4.78 is 39.0. The van der Waals surface area contributed by atoms with Crippen LogP contribution in [0.15, 0.2) is 54.6 Å². The molecule has 0 fully saturated rings. The van der Waals surface area contributed by atoms with Gasteiger partial charge < -0.3 is 37.8 Å². The summed E-state index contributed by atoms with van der Waals surface area (Å²) in [5, 5.41) is 18.8. The van der Waals surface area contributed by atoms with Crippen molar-refractivity contribution in [1.82, 2.24) is 21.3 Å². The van der Waals surface area contributed by atoms with Crippen molar-refractivity contribution in [2.75, 3.05) is 18.6 Å². The van der Waals surface area contributed by atoms with Gasteiger partial charge in [0.25, 0.3) is 0 Å². The number of benzene rings is 2. The lowest BCUT2D eigenvalue weighted by Gasteiger charge is -2.23. The van der Waals surface area contributed by atoms with Crippen LogP contribution in [0.1, 0.15) is 30.4 Å². The molecule has 2 aromatic rings. The number of rotatable bonds is 18. The Morgan fingerprint density at radius 2 is 1.41 bits per heavy atom. The molecular weight excluding hydrogens is 629 g/mol. The topological polar surface area (TPSA) is 206 Å². The van der Waals surface area contributed by atoms with Crippen molar-refractivity contribution in [2.45, 2.75) is 62.4 Å². The van der Waals surface area contributed by atoms with E-state index < -0.39 is 79.3 Å². The average Bonchev–Trinajstić information content (AvgIpc) is 3.00. The Labute approximate surface area is 268 Å². The van der Waals surface area contributed by atoms with E-state index in [2.05, 4.69) is 21.3 Å². The summed E-state index contributed by atoms with van der Waals surface area (Å²) in [6, 6.07) is 9.32. The molecule has 0 saturated heterocycles. The Balaban J connectivity index is 2.09. The van der Waals surface area contributed by atoms with Crippen molar-refractivity contribution in [3.05, 3.63) is 65.7 Å². The largest absolute Gasteiger partial charge is 0.508 e. The molecule has 0 spiro atoms. The van der Waals surface area contributed by atoms with Gasteiger partial charge in [-0.2, -0.15) is 24.9 Å². The molecule has 0 aromatic heterocycles. The van der Waals surface area contributed by atoms with Gasteiger partial charge in [0.15, 0.2) is 0 Å². The molecule has 2 aromatic carbocycles. The van der Waals surface area contributed by atoms with Crippen LogP contribution in [0.5, 0.6) is 5.75 Å². The molecule has 2 rings (SSSR count). The quantitative estimate of drug-likeness (QED) is 0.120. The Hall–Kier alpha value is -4.31. The van der Waals surface area contributed by atoms with Crippen LogP contribution in [0, 0.1) is 0 Å². The first kappa shape index (κ1) is 37.9. The Morgan fingerprint density at radius 3 is 2.00 bits per heavy atom. The maximum absolute atomic E-state index is 13.1. The second-order valence-electron chi connectivity index (χ2n) is 10.5. The third-order valence-corrected chi connectivity index (χ3v) is 7.35. The monoisotopic (exact) mass is 668 g/mol. The SMILES string of the molecule is CSCC[C@H](NC(=O)[C@H](Cc1ccccc1)NC(=O)CNC(=O)[C@H](CCC(F)(F)F)NC(=O)[C@@H](N)Cc1ccc(O)cc1)C(N)=O. The van der Waals surface area contributed by atoms with Crippen molar-refractivity contribution in [3.63, 3.8) is 0 Å². The number of hydrogen-bond acceptors (Lipinski definition) is 8. The van der Waals surface area contributed by atoms with Gasteiger partial charge >= 0.3 is 6.18 Å². The van der Waals surface area contributed by atoms with Gasteiger partial charge in [0.2, 0.25) is 29.5 Å². The molecule has 5 amide bonds. The number of halogens is 3. The molecule has 9 N–H and O–H groups in total. The highest BCUT2D eigenvalue weighted by molar-refractivity contribution is 7.98. The zero-order valence-electron chi connectivity index (χ0n) is 25.1. The minimum atomic E-state index is -4.63. The zero-order valence-corrected chi connectivity index (χ0v) is 26.0. The molecule has 252 valence electrons. The van der Waals surface area contributed by atoms with E-state index >= 15 is 0 Å². The molecule has 0 bridgehead atoms. The standard InChI is InChI=1S/C30H39F3N6O6S/c1-46-14-12-22(26(35)42)38-29(45)24(16-18-5-3-2-4-6-18)37-25(41)17-36-28(44)23(11-13-30(31,32)33)39-27(43)21(34)15-19-7-9-20(40)10-8-19/h2-10,21-24,40H,11-17,34H2,1H3,(H2,35,42)(H,36,44)(H,37,41)(H,38,45)(H,39,43)/t21-,22-,23-,24-/m0/s1. The number of nitrogens with two attached hydrogens (primary N) is 2. The van der Waals surface area contributed by atoms with Crippen LogP contribution in [-0.4, -0.2) is 83.5 Å². The highest BCUT2D eigenvalue weighted by atomic mass is 32.2. The normalized spacial score (nSPS) is 13.8. The smallest absolute Gasteiger partial charge is 0.389 e. The van der Waals surface area contributed by atoms with Gasteiger partial charge in [-0.25, -0.2) is 0 Å². The lowest BCUT2D eigenvalue weighted by molar-refractivity contribution is -0.142. The van der Waals surface area contributed by atoms with Crippen LogP contribution in [0.3, 0.4) is 0 Å². The Morgan fingerprint density at radius 1 is 0.804 bits per heavy atom. The van der Waals surface area contributed by atoms with E-state index in [0.717, 1.165) is 0 Å². The minimum absolute atomic E-state index is 0.0114. The lowest BCUT2D eigenvalue weighted by Crippen LogP contribution is -2.56. The van der Waals surface area contributed by atoms with Crippen molar-refractivity contribution in [2.24, 2.45) is 11.5 Å². The molecule has 12 nitrogen and oxygen atoms in total. The summed E-state index contributed by atoms with van der Waals surface area (Å²) in [5.41, 5.74) is 12.6. The number of hydrogen-bond donors (Lipinski definition) is 7. The average molecular weight is 669 g/mol. The molecule has 4 atom stereocenters. The number of thioether (sulfide) groups is 1. The summed E-state index contributed by atoms with van der Waals surface area (Å²) in [4.78, 5) is 63.4. The van der Waals surface area contributed by atoms with Crippen LogP contribution in [0.2, 0.25) is 0 Å². The maximum atomic E-state index is 13.1. The fourth-order valence-electron chi connectivity index (χ4n) is 4.22. The predicted molar refractivity (Wildman–Crippen MR) is 166 cm³/mol. The van der Waals surface area contributed by atoms with E-state index in [1.54, 1.807) is 30.3 Å². The van der Waals surface area contributed by atoms with Crippen molar-refractivity contribution >= 4 is 41.3 Å². The number of phenols is 1. The summed E-state index contributed by atoms with van der Waals surface area (Å²) in [7, 11) is 0. The first-order valence-corrected chi connectivity index (χ1v) is 15.7. The van der Waals surface area contributed by atoms with Crippen LogP contribution in [0.25, 0.3) is 0 Å². The maximum Gasteiger partial charge on any atom is 0.389 e. The second kappa shape index (κ2) is 18.6. The first-order chi connectivity index (χ1) is 21.7. The van der Waals surface area contributed by atoms with Crippen LogP contribution in [0.4, 0.5) is 13.2 Å². The van der Waals surface area contributed by atoms with Crippen LogP contribution in [-0.2, 0) is 36.8 Å². The summed E-state index contributed by atoms with van der Waals surface area (Å²) in [6.07, 6.45) is -4.79. The molecule has 16 heteroatoms. The van der Waals surface area contributed by atoms with Crippen molar-refractivity contribution in [1.29, 1.82) is 0 Å². The number of nitrogens with one attached hydrogen (secondary N) is 4. The van der Waals surface area contributed by atoms with E-state index in [1.165, 1.54) is 36.0 Å². The Bertz CT molecular complexity index is 1320. The highest BCUT2D eigenvalue weighted by Gasteiger charge is 2.32. The number of carbonyl (C=O) groups excluding carboxylic acids is 5. The van der Waals surface area contributed by atoms with Gasteiger partial charge in [0.05, 0.1) is 12.6 Å². The molecule has 0 aliphatic heterocycles. The molecule has 0 aliphatic carbocycles. The number of phenolic OH excluding ortho intramolecular Hbond substituents is 1. The number of amides is 5. The van der Waals surface area contributed by atoms with Gasteiger partial charge in [-0.3, -0.25) is 24.0 Å².